The Morgan fingerprint density at radius 3 is 2.36 bits per heavy atom. The molecular formula is C19H15F3N4O2. The highest BCUT2D eigenvalue weighted by molar-refractivity contribution is 5.93. The van der Waals surface area contributed by atoms with Crippen LogP contribution in [0.2, 0.25) is 0 Å². The molecule has 0 fully saturated rings. The first-order chi connectivity index (χ1) is 13.2. The predicted octanol–water partition coefficient (Wildman–Crippen LogP) is 3.63. The van der Waals surface area contributed by atoms with Crippen LogP contribution in [0.4, 0.5) is 13.2 Å². The Morgan fingerprint density at radius 2 is 1.75 bits per heavy atom. The van der Waals surface area contributed by atoms with Crippen LogP contribution in [-0.2, 0) is 14.1 Å². The number of fused-ring (bicyclic) bond motifs is 1. The van der Waals surface area contributed by atoms with Crippen molar-refractivity contribution in [2.75, 3.05) is 0 Å². The van der Waals surface area contributed by atoms with Crippen molar-refractivity contribution < 1.29 is 17.9 Å². The van der Waals surface area contributed by atoms with Crippen molar-refractivity contribution in [3.05, 3.63) is 65.5 Å². The number of hydrogen-bond donors (Lipinski definition) is 0. The monoisotopic (exact) mass is 388 g/mol. The molecule has 0 saturated heterocycles. The van der Waals surface area contributed by atoms with Gasteiger partial charge < -0.3 is 9.30 Å². The standard InChI is InChI=1S/C19H15F3N4O2/c1-24-8-7-15-17(24)16(12-9-23-25(2)10-12)11-26(18(15)27)13-3-5-14(6-4-13)28-19(20,21)22/h3-11H,1-2H3. The van der Waals surface area contributed by atoms with Crippen molar-refractivity contribution in [3.63, 3.8) is 0 Å². The Hall–Kier alpha value is -3.49. The molecule has 0 atom stereocenters. The van der Waals surface area contributed by atoms with Crippen molar-refractivity contribution in [1.29, 1.82) is 0 Å². The summed E-state index contributed by atoms with van der Waals surface area (Å²) >= 11 is 0. The number of alkyl halides is 3. The van der Waals surface area contributed by atoms with Gasteiger partial charge in [-0.05, 0) is 30.3 Å². The number of rotatable bonds is 3. The summed E-state index contributed by atoms with van der Waals surface area (Å²) in [4.78, 5) is 13.0. The minimum atomic E-state index is -4.77. The highest BCUT2D eigenvalue weighted by atomic mass is 19.4. The van der Waals surface area contributed by atoms with Gasteiger partial charge in [-0.2, -0.15) is 5.10 Å². The maximum Gasteiger partial charge on any atom is 0.573 e. The van der Waals surface area contributed by atoms with Gasteiger partial charge in [0.05, 0.1) is 17.1 Å². The fourth-order valence-electron chi connectivity index (χ4n) is 3.19. The third kappa shape index (κ3) is 3.15. The van der Waals surface area contributed by atoms with Crippen molar-refractivity contribution in [3.8, 4) is 22.6 Å². The molecular weight excluding hydrogens is 373 g/mol. The van der Waals surface area contributed by atoms with Gasteiger partial charge in [0.15, 0.2) is 0 Å². The molecule has 0 unspecified atom stereocenters. The first kappa shape index (κ1) is 17.9. The van der Waals surface area contributed by atoms with Crippen LogP contribution >= 0.6 is 0 Å². The van der Waals surface area contributed by atoms with E-state index in [1.807, 2.05) is 17.8 Å². The lowest BCUT2D eigenvalue weighted by Crippen LogP contribution is -2.19. The number of aryl methyl sites for hydroxylation is 2. The zero-order valence-corrected chi connectivity index (χ0v) is 14.9. The van der Waals surface area contributed by atoms with Crippen LogP contribution in [0.1, 0.15) is 0 Å². The first-order valence-corrected chi connectivity index (χ1v) is 8.29. The smallest absolute Gasteiger partial charge is 0.406 e. The highest BCUT2D eigenvalue weighted by Crippen LogP contribution is 2.28. The highest BCUT2D eigenvalue weighted by Gasteiger charge is 2.31. The predicted molar refractivity (Wildman–Crippen MR) is 97.4 cm³/mol. The number of aromatic nitrogens is 4. The molecule has 6 nitrogen and oxygen atoms in total. The van der Waals surface area contributed by atoms with Gasteiger partial charge in [0.1, 0.15) is 5.75 Å². The molecule has 0 N–H and O–H groups in total. The first-order valence-electron chi connectivity index (χ1n) is 8.29. The molecule has 0 aliphatic rings. The summed E-state index contributed by atoms with van der Waals surface area (Å²) in [7, 11) is 3.64. The van der Waals surface area contributed by atoms with Gasteiger partial charge in [-0.1, -0.05) is 0 Å². The van der Waals surface area contributed by atoms with E-state index in [1.165, 1.54) is 28.8 Å². The summed E-state index contributed by atoms with van der Waals surface area (Å²) in [6.45, 7) is 0. The Kier molecular flexibility index (Phi) is 4.02. The van der Waals surface area contributed by atoms with Gasteiger partial charge >= 0.3 is 6.36 Å². The van der Waals surface area contributed by atoms with E-state index in [-0.39, 0.29) is 11.3 Å². The van der Waals surface area contributed by atoms with E-state index in [4.69, 9.17) is 0 Å². The minimum Gasteiger partial charge on any atom is -0.406 e. The molecule has 0 aliphatic carbocycles. The zero-order valence-electron chi connectivity index (χ0n) is 14.9. The Balaban J connectivity index is 1.88. The van der Waals surface area contributed by atoms with Crippen LogP contribution in [0.15, 0.2) is 59.9 Å². The average molecular weight is 388 g/mol. The quantitative estimate of drug-likeness (QED) is 0.539. The molecule has 1 aromatic carbocycles. The van der Waals surface area contributed by atoms with Crippen molar-refractivity contribution >= 4 is 10.9 Å². The van der Waals surface area contributed by atoms with Gasteiger partial charge in [-0.25, -0.2) is 0 Å². The van der Waals surface area contributed by atoms with E-state index < -0.39 is 6.36 Å². The molecule has 28 heavy (non-hydrogen) atoms. The normalized spacial score (nSPS) is 11.9. The molecule has 0 aliphatic heterocycles. The van der Waals surface area contributed by atoms with Crippen LogP contribution < -0.4 is 10.3 Å². The summed E-state index contributed by atoms with van der Waals surface area (Å²) in [5.41, 5.74) is 2.51. The molecule has 0 saturated carbocycles. The molecule has 144 valence electrons. The van der Waals surface area contributed by atoms with Crippen LogP contribution in [0.25, 0.3) is 27.7 Å². The molecule has 0 radical (unpaired) electrons. The van der Waals surface area contributed by atoms with Gasteiger partial charge in [-0.15, -0.1) is 13.2 Å². The molecule has 4 rings (SSSR count). The Morgan fingerprint density at radius 1 is 1.04 bits per heavy atom. The lowest BCUT2D eigenvalue weighted by atomic mass is 10.1. The van der Waals surface area contributed by atoms with Gasteiger partial charge in [-0.3, -0.25) is 14.0 Å². The van der Waals surface area contributed by atoms with Crippen molar-refractivity contribution in [2.24, 2.45) is 14.1 Å². The summed E-state index contributed by atoms with van der Waals surface area (Å²) in [6.07, 6.45) is 2.21. The summed E-state index contributed by atoms with van der Waals surface area (Å²) in [5, 5.41) is 4.68. The molecule has 9 heteroatoms. The molecule has 3 aromatic heterocycles. The van der Waals surface area contributed by atoms with Crippen molar-refractivity contribution in [1.82, 2.24) is 18.9 Å². The number of pyridine rings is 1. The molecule has 0 bridgehead atoms. The fourth-order valence-corrected chi connectivity index (χ4v) is 3.19. The number of nitrogens with zero attached hydrogens (tertiary/aromatic N) is 4. The molecule has 0 amide bonds. The molecule has 3 heterocycles. The van der Waals surface area contributed by atoms with E-state index in [2.05, 4.69) is 9.84 Å². The lowest BCUT2D eigenvalue weighted by molar-refractivity contribution is -0.274. The van der Waals surface area contributed by atoms with Gasteiger partial charge in [0.2, 0.25) is 0 Å². The summed E-state index contributed by atoms with van der Waals surface area (Å²) < 4.78 is 45.9. The second-order valence-corrected chi connectivity index (χ2v) is 6.35. The Labute approximate surface area is 157 Å². The number of hydrogen-bond acceptors (Lipinski definition) is 3. The number of halogens is 3. The largest absolute Gasteiger partial charge is 0.573 e. The van der Waals surface area contributed by atoms with Gasteiger partial charge in [0.25, 0.3) is 5.56 Å². The molecule has 0 spiro atoms. The molecule has 4 aromatic rings. The second-order valence-electron chi connectivity index (χ2n) is 6.35. The number of benzene rings is 1. The SMILES string of the molecule is Cn1cc(-c2cn(-c3ccc(OC(F)(F)F)cc3)c(=O)c3ccn(C)c23)cn1. The summed E-state index contributed by atoms with van der Waals surface area (Å²) in [6, 6.07) is 6.88. The van der Waals surface area contributed by atoms with E-state index in [0.29, 0.717) is 11.1 Å². The summed E-state index contributed by atoms with van der Waals surface area (Å²) in [5.74, 6) is -0.349. The van der Waals surface area contributed by atoms with E-state index in [1.54, 1.807) is 36.4 Å². The maximum atomic E-state index is 13.0. The van der Waals surface area contributed by atoms with E-state index in [9.17, 15) is 18.0 Å². The third-order valence-electron chi connectivity index (χ3n) is 4.40. The minimum absolute atomic E-state index is 0.271. The van der Waals surface area contributed by atoms with Crippen LogP contribution in [0.3, 0.4) is 0 Å². The second kappa shape index (κ2) is 6.29. The third-order valence-corrected chi connectivity index (χ3v) is 4.40. The van der Waals surface area contributed by atoms with Crippen LogP contribution in [0, 0.1) is 0 Å². The maximum absolute atomic E-state index is 13.0. The zero-order chi connectivity index (χ0) is 20.1. The van der Waals surface area contributed by atoms with E-state index in [0.717, 1.165) is 16.6 Å². The van der Waals surface area contributed by atoms with Crippen molar-refractivity contribution in [2.45, 2.75) is 6.36 Å². The lowest BCUT2D eigenvalue weighted by Gasteiger charge is -2.12. The Bertz CT molecular complexity index is 1220. The van der Waals surface area contributed by atoms with Crippen LogP contribution in [-0.4, -0.2) is 25.3 Å². The van der Waals surface area contributed by atoms with E-state index >= 15 is 0 Å². The average Bonchev–Trinajstić information content (AvgIpc) is 3.22. The topological polar surface area (TPSA) is 54.0 Å². The fraction of sp³-hybridized carbons (Fsp3) is 0.158. The van der Waals surface area contributed by atoms with Crippen LogP contribution in [0.5, 0.6) is 5.75 Å². The number of ether oxygens (including phenoxy) is 1. The van der Waals surface area contributed by atoms with Gasteiger partial charge in [0, 0.05) is 49.5 Å².